The second kappa shape index (κ2) is 9.94. The van der Waals surface area contributed by atoms with E-state index in [0.717, 1.165) is 11.3 Å². The highest BCUT2D eigenvalue weighted by Gasteiger charge is 2.14. The Labute approximate surface area is 183 Å². The van der Waals surface area contributed by atoms with E-state index in [9.17, 15) is 14.4 Å². The van der Waals surface area contributed by atoms with Crippen molar-refractivity contribution in [3.8, 4) is 5.75 Å². The lowest BCUT2D eigenvalue weighted by atomic mass is 10.1. The molecule has 0 spiro atoms. The number of aromatic nitrogens is 2. The Morgan fingerprint density at radius 2 is 1.94 bits per heavy atom. The fraction of sp³-hybridized carbons (Fsp3) is 0.182. The average molecular weight is 439 g/mol. The molecule has 0 saturated carbocycles. The number of rotatable bonds is 8. The Morgan fingerprint density at radius 3 is 2.58 bits per heavy atom. The molecule has 0 unspecified atom stereocenters. The fourth-order valence-corrected chi connectivity index (χ4v) is 3.71. The lowest BCUT2D eigenvalue weighted by Crippen LogP contribution is -2.23. The molecule has 0 aliphatic heterocycles. The molecular weight excluding hydrogens is 416 g/mol. The smallest absolute Gasteiger partial charge is 0.255 e. The maximum atomic E-state index is 12.5. The number of ether oxygens (including phenoxy) is 1. The lowest BCUT2D eigenvalue weighted by Gasteiger charge is -2.09. The SMILES string of the molecule is COc1cccc(CSc2nc(C)c(CC(=O)Nc3ccc(C(N)=O)cc3)c(=O)[nH]2)c1. The quantitative estimate of drug-likeness (QED) is 0.367. The maximum absolute atomic E-state index is 12.5. The second-order valence-electron chi connectivity index (χ2n) is 6.74. The topological polar surface area (TPSA) is 127 Å². The molecule has 8 nitrogen and oxygen atoms in total. The van der Waals surface area contributed by atoms with Gasteiger partial charge in [-0.1, -0.05) is 23.9 Å². The van der Waals surface area contributed by atoms with Gasteiger partial charge in [-0.2, -0.15) is 0 Å². The van der Waals surface area contributed by atoms with Gasteiger partial charge in [0, 0.05) is 28.3 Å². The van der Waals surface area contributed by atoms with E-state index in [1.54, 1.807) is 26.2 Å². The highest BCUT2D eigenvalue weighted by molar-refractivity contribution is 7.98. The van der Waals surface area contributed by atoms with Crippen molar-refractivity contribution in [2.45, 2.75) is 24.3 Å². The predicted molar refractivity (Wildman–Crippen MR) is 119 cm³/mol. The lowest BCUT2D eigenvalue weighted by molar-refractivity contribution is -0.115. The molecule has 3 aromatic rings. The summed E-state index contributed by atoms with van der Waals surface area (Å²) in [6.07, 6.45) is -0.118. The molecule has 9 heteroatoms. The van der Waals surface area contributed by atoms with Gasteiger partial charge in [0.15, 0.2) is 5.16 Å². The van der Waals surface area contributed by atoms with Crippen LogP contribution in [0.1, 0.15) is 27.2 Å². The van der Waals surface area contributed by atoms with Gasteiger partial charge < -0.3 is 20.8 Å². The normalized spacial score (nSPS) is 10.5. The molecular formula is C22H22N4O4S. The van der Waals surface area contributed by atoms with Crippen molar-refractivity contribution in [1.29, 1.82) is 0 Å². The second-order valence-corrected chi connectivity index (χ2v) is 7.71. The Kier molecular flexibility index (Phi) is 7.09. The molecule has 0 fully saturated rings. The molecule has 0 saturated heterocycles. The number of hydrogen-bond acceptors (Lipinski definition) is 6. The van der Waals surface area contributed by atoms with Crippen LogP contribution in [0, 0.1) is 6.92 Å². The number of nitrogens with two attached hydrogens (primary N) is 1. The van der Waals surface area contributed by atoms with Gasteiger partial charge in [-0.25, -0.2) is 4.98 Å². The van der Waals surface area contributed by atoms with E-state index in [4.69, 9.17) is 10.5 Å². The number of anilines is 1. The Bertz CT molecular complexity index is 1160. The number of carbonyl (C=O) groups is 2. The molecule has 0 atom stereocenters. The van der Waals surface area contributed by atoms with Crippen LogP contribution < -0.4 is 21.3 Å². The Morgan fingerprint density at radius 1 is 1.19 bits per heavy atom. The third-order valence-corrected chi connectivity index (χ3v) is 5.45. The van der Waals surface area contributed by atoms with E-state index in [1.165, 1.54) is 23.9 Å². The van der Waals surface area contributed by atoms with Gasteiger partial charge in [0.05, 0.1) is 13.5 Å². The number of amides is 2. The van der Waals surface area contributed by atoms with Crippen molar-refractivity contribution < 1.29 is 14.3 Å². The summed E-state index contributed by atoms with van der Waals surface area (Å²) < 4.78 is 5.22. The van der Waals surface area contributed by atoms with Gasteiger partial charge in [-0.15, -0.1) is 0 Å². The monoisotopic (exact) mass is 438 g/mol. The first-order chi connectivity index (χ1) is 14.9. The van der Waals surface area contributed by atoms with Crippen LogP contribution in [0.4, 0.5) is 5.69 Å². The van der Waals surface area contributed by atoms with Gasteiger partial charge in [0.2, 0.25) is 11.8 Å². The third kappa shape index (κ3) is 5.95. The zero-order chi connectivity index (χ0) is 22.4. The van der Waals surface area contributed by atoms with Crippen molar-refractivity contribution in [1.82, 2.24) is 9.97 Å². The highest BCUT2D eigenvalue weighted by atomic mass is 32.2. The maximum Gasteiger partial charge on any atom is 0.255 e. The number of aromatic amines is 1. The molecule has 0 aliphatic carbocycles. The molecule has 160 valence electrons. The number of aryl methyl sites for hydroxylation is 1. The first kappa shape index (κ1) is 22.1. The summed E-state index contributed by atoms with van der Waals surface area (Å²) in [4.78, 5) is 43.2. The van der Waals surface area contributed by atoms with E-state index in [1.807, 2.05) is 24.3 Å². The molecule has 4 N–H and O–H groups in total. The van der Waals surface area contributed by atoms with Gasteiger partial charge >= 0.3 is 0 Å². The summed E-state index contributed by atoms with van der Waals surface area (Å²) >= 11 is 1.39. The molecule has 0 bridgehead atoms. The van der Waals surface area contributed by atoms with Gasteiger partial charge in [0.25, 0.3) is 5.56 Å². The van der Waals surface area contributed by atoms with Crippen LogP contribution in [0.2, 0.25) is 0 Å². The summed E-state index contributed by atoms with van der Waals surface area (Å²) in [6, 6.07) is 13.8. The summed E-state index contributed by atoms with van der Waals surface area (Å²) in [7, 11) is 1.61. The van der Waals surface area contributed by atoms with Crippen molar-refractivity contribution >= 4 is 29.3 Å². The number of benzene rings is 2. The van der Waals surface area contributed by atoms with Crippen LogP contribution in [0.5, 0.6) is 5.75 Å². The number of methoxy groups -OCH3 is 1. The van der Waals surface area contributed by atoms with Gasteiger partial charge in [0.1, 0.15) is 5.75 Å². The minimum Gasteiger partial charge on any atom is -0.497 e. The van der Waals surface area contributed by atoms with Gasteiger partial charge in [-0.05, 0) is 48.9 Å². The number of H-pyrrole nitrogens is 1. The zero-order valence-corrected chi connectivity index (χ0v) is 17.9. The van der Waals surface area contributed by atoms with Gasteiger partial charge in [-0.3, -0.25) is 14.4 Å². The van der Waals surface area contributed by atoms with E-state index < -0.39 is 5.91 Å². The predicted octanol–water partition coefficient (Wildman–Crippen LogP) is 2.66. The number of hydrogen-bond donors (Lipinski definition) is 3. The summed E-state index contributed by atoms with van der Waals surface area (Å²) in [6.45, 7) is 1.70. The molecule has 2 amide bonds. The first-order valence-corrected chi connectivity index (χ1v) is 10.4. The minimum atomic E-state index is -0.546. The van der Waals surface area contributed by atoms with E-state index in [2.05, 4.69) is 15.3 Å². The van der Waals surface area contributed by atoms with E-state index >= 15 is 0 Å². The number of thioether (sulfide) groups is 1. The van der Waals surface area contributed by atoms with Crippen LogP contribution in [0.3, 0.4) is 0 Å². The third-order valence-electron chi connectivity index (χ3n) is 4.50. The number of primary amides is 1. The Balaban J connectivity index is 1.64. The van der Waals surface area contributed by atoms with Crippen molar-refractivity contribution in [3.63, 3.8) is 0 Å². The standard InChI is InChI=1S/C22H22N4O4S/c1-13-18(11-19(27)25-16-8-6-15(7-9-16)20(23)28)21(29)26-22(24-13)31-12-14-4-3-5-17(10-14)30-2/h3-10H,11-12H2,1-2H3,(H2,23,28)(H,25,27)(H,24,26,29). The minimum absolute atomic E-state index is 0.118. The summed E-state index contributed by atoms with van der Waals surface area (Å²) in [5.41, 5.74) is 7.54. The highest BCUT2D eigenvalue weighted by Crippen LogP contribution is 2.22. The van der Waals surface area contributed by atoms with Crippen LogP contribution >= 0.6 is 11.8 Å². The number of nitrogens with zero attached hydrogens (tertiary/aromatic N) is 1. The molecule has 2 aromatic carbocycles. The van der Waals surface area contributed by atoms with E-state index in [-0.39, 0.29) is 17.9 Å². The summed E-state index contributed by atoms with van der Waals surface area (Å²) in [5, 5.41) is 3.18. The van der Waals surface area contributed by atoms with E-state index in [0.29, 0.717) is 33.4 Å². The molecule has 3 rings (SSSR count). The summed E-state index contributed by atoms with van der Waals surface area (Å²) in [5.74, 6) is 0.469. The number of carbonyl (C=O) groups excluding carboxylic acids is 2. The largest absolute Gasteiger partial charge is 0.497 e. The first-order valence-electron chi connectivity index (χ1n) is 9.41. The fourth-order valence-electron chi connectivity index (χ4n) is 2.86. The van der Waals surface area contributed by atoms with Crippen LogP contribution in [-0.2, 0) is 17.0 Å². The van der Waals surface area contributed by atoms with Crippen LogP contribution in [0.25, 0.3) is 0 Å². The molecule has 0 aliphatic rings. The van der Waals surface area contributed by atoms with Crippen LogP contribution in [-0.4, -0.2) is 28.9 Å². The van der Waals surface area contributed by atoms with Crippen molar-refractivity contribution in [2.75, 3.05) is 12.4 Å². The molecule has 1 heterocycles. The van der Waals surface area contributed by atoms with Crippen LogP contribution in [0.15, 0.2) is 58.5 Å². The molecule has 31 heavy (non-hydrogen) atoms. The average Bonchev–Trinajstić information content (AvgIpc) is 2.75. The van der Waals surface area contributed by atoms with Crippen molar-refractivity contribution in [3.05, 3.63) is 81.3 Å². The molecule has 1 aromatic heterocycles. The Hall–Kier alpha value is -3.59. The zero-order valence-electron chi connectivity index (χ0n) is 17.1. The number of nitrogens with one attached hydrogen (secondary N) is 2. The van der Waals surface area contributed by atoms with Crippen molar-refractivity contribution in [2.24, 2.45) is 5.73 Å². The molecule has 0 radical (unpaired) electrons.